The van der Waals surface area contributed by atoms with Gasteiger partial charge in [-0.2, -0.15) is 0 Å². The maximum atomic E-state index is 13.8. The lowest BCUT2D eigenvalue weighted by molar-refractivity contribution is 0.615. The second-order valence-electron chi connectivity index (χ2n) is 4.19. The van der Waals surface area contributed by atoms with Crippen LogP contribution in [0.25, 0.3) is 10.9 Å². The molecule has 0 aliphatic rings. The number of pyridine rings is 1. The zero-order chi connectivity index (χ0) is 13.1. The summed E-state index contributed by atoms with van der Waals surface area (Å²) < 4.78 is 27.6. The van der Waals surface area contributed by atoms with Gasteiger partial charge in [0.25, 0.3) is 0 Å². The van der Waals surface area contributed by atoms with Crippen LogP contribution in [0.4, 0.5) is 14.5 Å². The second-order valence-corrected chi connectivity index (χ2v) is 4.19. The van der Waals surface area contributed by atoms with Crippen molar-refractivity contribution in [2.45, 2.75) is 26.7 Å². The van der Waals surface area contributed by atoms with Gasteiger partial charge in [-0.3, -0.25) is 0 Å². The molecule has 1 aromatic carbocycles. The van der Waals surface area contributed by atoms with E-state index >= 15 is 0 Å². The third-order valence-electron chi connectivity index (χ3n) is 2.79. The van der Waals surface area contributed by atoms with Gasteiger partial charge in [-0.1, -0.05) is 13.3 Å². The van der Waals surface area contributed by atoms with Crippen molar-refractivity contribution >= 4 is 16.6 Å². The highest BCUT2D eigenvalue weighted by Gasteiger charge is 2.13. The summed E-state index contributed by atoms with van der Waals surface area (Å²) in [5, 5.41) is 3.30. The zero-order valence-corrected chi connectivity index (χ0v) is 10.6. The highest BCUT2D eigenvalue weighted by atomic mass is 19.1. The molecule has 0 saturated carbocycles. The van der Waals surface area contributed by atoms with Gasteiger partial charge >= 0.3 is 0 Å². The Labute approximate surface area is 105 Å². The number of aryl methyl sites for hydroxylation is 1. The van der Waals surface area contributed by atoms with Gasteiger partial charge in [0.15, 0.2) is 0 Å². The number of hydrogen-bond acceptors (Lipinski definition) is 2. The lowest BCUT2D eigenvalue weighted by Crippen LogP contribution is -2.03. The van der Waals surface area contributed by atoms with Crippen molar-refractivity contribution in [3.8, 4) is 0 Å². The van der Waals surface area contributed by atoms with Gasteiger partial charge < -0.3 is 5.32 Å². The molecule has 0 aliphatic carbocycles. The van der Waals surface area contributed by atoms with Crippen LogP contribution < -0.4 is 5.32 Å². The molecule has 1 aromatic heterocycles. The Hall–Kier alpha value is -1.71. The van der Waals surface area contributed by atoms with Crippen molar-refractivity contribution in [3.63, 3.8) is 0 Å². The molecule has 1 heterocycles. The third-order valence-corrected chi connectivity index (χ3v) is 2.79. The number of aromatic nitrogens is 1. The summed E-state index contributed by atoms with van der Waals surface area (Å²) >= 11 is 0. The van der Waals surface area contributed by atoms with Gasteiger partial charge in [0.2, 0.25) is 0 Å². The van der Waals surface area contributed by atoms with Crippen LogP contribution in [0.15, 0.2) is 18.2 Å². The van der Waals surface area contributed by atoms with E-state index in [1.807, 2.05) is 13.8 Å². The van der Waals surface area contributed by atoms with E-state index in [2.05, 4.69) is 10.3 Å². The number of anilines is 1. The van der Waals surface area contributed by atoms with Crippen LogP contribution in [-0.2, 0) is 6.42 Å². The summed E-state index contributed by atoms with van der Waals surface area (Å²) in [5.74, 6) is -0.929. The number of hydrogen-bond donors (Lipinski definition) is 1. The first-order valence-electron chi connectivity index (χ1n) is 6.18. The molecular formula is C14H16F2N2. The van der Waals surface area contributed by atoms with E-state index in [4.69, 9.17) is 0 Å². The Morgan fingerprint density at radius 2 is 1.89 bits per heavy atom. The summed E-state index contributed by atoms with van der Waals surface area (Å²) in [7, 11) is 0. The smallest absolute Gasteiger partial charge is 0.149 e. The first kappa shape index (κ1) is 12.7. The minimum Gasteiger partial charge on any atom is -0.385 e. The normalized spacial score (nSPS) is 10.9. The molecule has 0 saturated heterocycles. The molecule has 2 aromatic rings. The van der Waals surface area contributed by atoms with Crippen LogP contribution in [-0.4, -0.2) is 11.5 Å². The largest absolute Gasteiger partial charge is 0.385 e. The molecule has 1 N–H and O–H groups in total. The van der Waals surface area contributed by atoms with E-state index in [1.165, 1.54) is 0 Å². The highest BCUT2D eigenvalue weighted by molar-refractivity contribution is 5.92. The number of halogens is 2. The van der Waals surface area contributed by atoms with Crippen molar-refractivity contribution < 1.29 is 8.78 Å². The van der Waals surface area contributed by atoms with Gasteiger partial charge in [0.1, 0.15) is 17.2 Å². The summed E-state index contributed by atoms with van der Waals surface area (Å²) in [6.45, 7) is 4.60. The lowest BCUT2D eigenvalue weighted by Gasteiger charge is -2.11. The fourth-order valence-corrected chi connectivity index (χ4v) is 2.04. The maximum absolute atomic E-state index is 13.8. The fourth-order valence-electron chi connectivity index (χ4n) is 2.04. The molecule has 4 heteroatoms. The Bertz CT molecular complexity index is 567. The molecule has 18 heavy (non-hydrogen) atoms. The average Bonchev–Trinajstić information content (AvgIpc) is 2.34. The molecular weight excluding hydrogens is 234 g/mol. The maximum Gasteiger partial charge on any atom is 0.149 e. The molecule has 2 nitrogen and oxygen atoms in total. The summed E-state index contributed by atoms with van der Waals surface area (Å²) in [6.07, 6.45) is 1.67. The van der Waals surface area contributed by atoms with E-state index in [-0.39, 0.29) is 10.9 Å². The van der Waals surface area contributed by atoms with Crippen LogP contribution in [0.1, 0.15) is 26.0 Å². The van der Waals surface area contributed by atoms with Crippen LogP contribution in [0.3, 0.4) is 0 Å². The SMILES string of the molecule is CCCc1cc(NCC)c2c(F)ccc(F)c2n1. The second kappa shape index (κ2) is 5.29. The first-order chi connectivity index (χ1) is 8.67. The van der Waals surface area contributed by atoms with Gasteiger partial charge in [0.05, 0.1) is 5.39 Å². The zero-order valence-electron chi connectivity index (χ0n) is 10.6. The Morgan fingerprint density at radius 1 is 1.17 bits per heavy atom. The minimum atomic E-state index is -0.483. The van der Waals surface area contributed by atoms with E-state index < -0.39 is 11.6 Å². The molecule has 0 spiro atoms. The number of rotatable bonds is 4. The number of fused-ring (bicyclic) bond motifs is 1. The van der Waals surface area contributed by atoms with Gasteiger partial charge in [-0.25, -0.2) is 13.8 Å². The molecule has 0 radical (unpaired) electrons. The van der Waals surface area contributed by atoms with Gasteiger partial charge in [-0.15, -0.1) is 0 Å². The molecule has 0 bridgehead atoms. The Morgan fingerprint density at radius 3 is 2.56 bits per heavy atom. The van der Waals surface area contributed by atoms with E-state index in [9.17, 15) is 8.78 Å². The molecule has 96 valence electrons. The monoisotopic (exact) mass is 250 g/mol. The fraction of sp³-hybridized carbons (Fsp3) is 0.357. The van der Waals surface area contributed by atoms with Gasteiger partial charge in [0, 0.05) is 17.9 Å². The predicted molar refractivity (Wildman–Crippen MR) is 69.8 cm³/mol. The van der Waals surface area contributed by atoms with E-state index in [0.29, 0.717) is 12.2 Å². The van der Waals surface area contributed by atoms with E-state index in [1.54, 1.807) is 6.07 Å². The van der Waals surface area contributed by atoms with Crippen molar-refractivity contribution in [1.29, 1.82) is 0 Å². The molecule has 0 aliphatic heterocycles. The third kappa shape index (κ3) is 2.28. The average molecular weight is 250 g/mol. The molecule has 2 rings (SSSR count). The first-order valence-corrected chi connectivity index (χ1v) is 6.18. The quantitative estimate of drug-likeness (QED) is 0.890. The molecule has 0 atom stereocenters. The Balaban J connectivity index is 2.72. The van der Waals surface area contributed by atoms with Crippen LogP contribution in [0, 0.1) is 11.6 Å². The van der Waals surface area contributed by atoms with Crippen molar-refractivity contribution in [2.75, 3.05) is 11.9 Å². The number of nitrogens with zero attached hydrogens (tertiary/aromatic N) is 1. The minimum absolute atomic E-state index is 0.108. The highest BCUT2D eigenvalue weighted by Crippen LogP contribution is 2.28. The number of nitrogens with one attached hydrogen (secondary N) is 1. The Kier molecular flexibility index (Phi) is 3.75. The molecule has 0 amide bonds. The van der Waals surface area contributed by atoms with E-state index in [0.717, 1.165) is 30.7 Å². The van der Waals surface area contributed by atoms with Crippen molar-refractivity contribution in [3.05, 3.63) is 35.5 Å². The van der Waals surface area contributed by atoms with Crippen molar-refractivity contribution in [2.24, 2.45) is 0 Å². The van der Waals surface area contributed by atoms with Crippen LogP contribution in [0.2, 0.25) is 0 Å². The van der Waals surface area contributed by atoms with Crippen LogP contribution in [0.5, 0.6) is 0 Å². The van der Waals surface area contributed by atoms with Crippen LogP contribution >= 0.6 is 0 Å². The number of benzene rings is 1. The molecule has 0 fully saturated rings. The standard InChI is InChI=1S/C14H16F2N2/c1-3-5-9-8-12(17-4-2)13-10(15)6-7-11(16)14(13)18-9/h6-8H,3-5H2,1-2H3,(H,17,18). The lowest BCUT2D eigenvalue weighted by atomic mass is 10.1. The summed E-state index contributed by atoms with van der Waals surface area (Å²) in [5.41, 5.74) is 1.50. The summed E-state index contributed by atoms with van der Waals surface area (Å²) in [6, 6.07) is 4.06. The van der Waals surface area contributed by atoms with Crippen molar-refractivity contribution in [1.82, 2.24) is 4.98 Å². The predicted octanol–water partition coefficient (Wildman–Crippen LogP) is 3.90. The van der Waals surface area contributed by atoms with Gasteiger partial charge in [-0.05, 0) is 31.5 Å². The topological polar surface area (TPSA) is 24.9 Å². The summed E-state index contributed by atoms with van der Waals surface area (Å²) in [4.78, 5) is 4.21. The molecule has 0 unspecified atom stereocenters.